The number of rotatable bonds is 8. The fourth-order valence-electron chi connectivity index (χ4n) is 0.300. The molecule has 0 unspecified atom stereocenters. The second-order valence-electron chi connectivity index (χ2n) is 6.37. The summed E-state index contributed by atoms with van der Waals surface area (Å²) in [5.41, 5.74) is -1.24. The summed E-state index contributed by atoms with van der Waals surface area (Å²) in [6.07, 6.45) is 0. The first-order valence-corrected chi connectivity index (χ1v) is 8.15. The first kappa shape index (κ1) is 34.0. The van der Waals surface area contributed by atoms with E-state index in [1.807, 2.05) is 0 Å². The highest BCUT2D eigenvalue weighted by Gasteiger charge is 2.20. The van der Waals surface area contributed by atoms with Crippen LogP contribution in [0.15, 0.2) is 23.8 Å². The Morgan fingerprint density at radius 3 is 0.857 bits per heavy atom. The first-order chi connectivity index (χ1) is 12.6. The highest BCUT2D eigenvalue weighted by molar-refractivity contribution is 6.40. The Morgan fingerprint density at radius 1 is 0.714 bits per heavy atom. The molecule has 168 valence electrons. The standard InChI is InChI=1S/2C5H12O3.C4H6O2.C3H3ClO2/c2*1-5(2-6,3-7)4-8;1-3(2)4(5)6;1-2(4)3(5)6/h2*6-8H,2-4H2,1H3;1H2,2H3,(H,5,6);1H2,(H,5,6). The summed E-state index contributed by atoms with van der Waals surface area (Å²) < 4.78 is 0. The van der Waals surface area contributed by atoms with E-state index < -0.39 is 22.8 Å². The number of carbonyl (C=O) groups is 2. The lowest BCUT2D eigenvalue weighted by molar-refractivity contribution is -0.133. The van der Waals surface area contributed by atoms with Gasteiger partial charge in [-0.05, 0) is 6.92 Å². The van der Waals surface area contributed by atoms with Crippen LogP contribution in [0.5, 0.6) is 0 Å². The van der Waals surface area contributed by atoms with Gasteiger partial charge in [-0.2, -0.15) is 0 Å². The summed E-state index contributed by atoms with van der Waals surface area (Å²) in [4.78, 5) is 19.1. The fraction of sp³-hybridized carbons (Fsp3) is 0.647. The molecule has 0 aromatic carbocycles. The molecule has 0 radical (unpaired) electrons. The van der Waals surface area contributed by atoms with Crippen LogP contribution < -0.4 is 0 Å². The maximum atomic E-state index is 9.60. The van der Waals surface area contributed by atoms with E-state index in [4.69, 9.17) is 52.5 Å². The summed E-state index contributed by atoms with van der Waals surface area (Å²) in [5, 5.41) is 66.1. The SMILES string of the molecule is C=C(C)C(=O)O.C=C(Cl)C(=O)O.CC(CO)(CO)CO.CC(CO)(CO)CO. The third kappa shape index (κ3) is 22.5. The van der Waals surface area contributed by atoms with E-state index in [1.165, 1.54) is 6.92 Å². The topological polar surface area (TPSA) is 196 Å². The monoisotopic (exact) mass is 432 g/mol. The van der Waals surface area contributed by atoms with E-state index in [0.717, 1.165) is 0 Å². The van der Waals surface area contributed by atoms with Crippen LogP contribution in [-0.4, -0.2) is 92.4 Å². The van der Waals surface area contributed by atoms with Crippen molar-refractivity contribution in [1.29, 1.82) is 0 Å². The first-order valence-electron chi connectivity index (χ1n) is 7.77. The molecule has 0 aromatic rings. The molecule has 10 nitrogen and oxygen atoms in total. The number of hydrogen-bond acceptors (Lipinski definition) is 8. The molecule has 0 aliphatic rings. The van der Waals surface area contributed by atoms with Crippen molar-refractivity contribution in [3.63, 3.8) is 0 Å². The number of halogens is 1. The lowest BCUT2D eigenvalue weighted by atomic mass is 9.95. The fourth-order valence-corrected chi connectivity index (χ4v) is 0.300. The average molecular weight is 433 g/mol. The summed E-state index contributed by atoms with van der Waals surface area (Å²) in [6.45, 7) is 9.65. The predicted molar refractivity (Wildman–Crippen MR) is 104 cm³/mol. The normalized spacial score (nSPS) is 10.1. The molecule has 0 saturated carbocycles. The Labute approximate surface area is 169 Å². The molecule has 0 bridgehead atoms. The van der Waals surface area contributed by atoms with E-state index in [2.05, 4.69) is 13.2 Å². The third-order valence-corrected chi connectivity index (χ3v) is 3.05. The van der Waals surface area contributed by atoms with Crippen LogP contribution in [0.4, 0.5) is 0 Å². The van der Waals surface area contributed by atoms with Crippen LogP contribution in [0.3, 0.4) is 0 Å². The highest BCUT2D eigenvalue weighted by atomic mass is 35.5. The molecule has 0 saturated heterocycles. The molecule has 8 N–H and O–H groups in total. The van der Waals surface area contributed by atoms with Gasteiger partial charge in [-0.3, -0.25) is 0 Å². The minimum absolute atomic E-state index is 0.176. The van der Waals surface area contributed by atoms with Crippen LogP contribution >= 0.6 is 11.6 Å². The molecule has 0 amide bonds. The molecular weight excluding hydrogens is 400 g/mol. The van der Waals surface area contributed by atoms with Crippen molar-refractivity contribution < 1.29 is 50.4 Å². The Morgan fingerprint density at radius 2 is 0.857 bits per heavy atom. The molecule has 0 aliphatic heterocycles. The Hall–Kier alpha value is -1.53. The Bertz CT molecular complexity index is 374. The number of aliphatic hydroxyl groups excluding tert-OH is 6. The molecule has 0 rings (SSSR count). The molecule has 11 heteroatoms. The van der Waals surface area contributed by atoms with Crippen LogP contribution in [0.2, 0.25) is 0 Å². The zero-order valence-corrected chi connectivity index (χ0v) is 17.2. The van der Waals surface area contributed by atoms with E-state index in [-0.39, 0.29) is 50.2 Å². The van der Waals surface area contributed by atoms with Gasteiger partial charge in [0, 0.05) is 16.4 Å². The second-order valence-corrected chi connectivity index (χ2v) is 6.82. The zero-order valence-electron chi connectivity index (χ0n) is 16.4. The molecule has 0 heterocycles. The summed E-state index contributed by atoms with van der Waals surface area (Å²) in [5.74, 6) is -2.10. The van der Waals surface area contributed by atoms with Gasteiger partial charge in [0.1, 0.15) is 5.03 Å². The highest BCUT2D eigenvalue weighted by Crippen LogP contribution is 2.11. The number of carboxylic acid groups (broad SMARTS) is 2. The van der Waals surface area contributed by atoms with Gasteiger partial charge >= 0.3 is 11.9 Å². The minimum atomic E-state index is -1.17. The molecule has 0 aliphatic carbocycles. The van der Waals surface area contributed by atoms with Gasteiger partial charge in [0.15, 0.2) is 0 Å². The van der Waals surface area contributed by atoms with E-state index >= 15 is 0 Å². The molecule has 0 spiro atoms. The van der Waals surface area contributed by atoms with E-state index in [0.29, 0.717) is 0 Å². The van der Waals surface area contributed by atoms with Crippen molar-refractivity contribution >= 4 is 23.5 Å². The molecule has 28 heavy (non-hydrogen) atoms. The van der Waals surface area contributed by atoms with Gasteiger partial charge in [-0.15, -0.1) is 0 Å². The number of hydrogen-bond donors (Lipinski definition) is 8. The lowest BCUT2D eigenvalue weighted by Gasteiger charge is -2.20. The van der Waals surface area contributed by atoms with Gasteiger partial charge < -0.3 is 40.9 Å². The van der Waals surface area contributed by atoms with Crippen molar-refractivity contribution in [3.8, 4) is 0 Å². The van der Waals surface area contributed by atoms with Gasteiger partial charge in [0.25, 0.3) is 0 Å². The third-order valence-electron chi connectivity index (χ3n) is 2.89. The van der Waals surface area contributed by atoms with Crippen molar-refractivity contribution in [2.75, 3.05) is 39.6 Å². The van der Waals surface area contributed by atoms with Gasteiger partial charge in [-0.1, -0.05) is 38.6 Å². The molecular formula is C17H33ClO10. The van der Waals surface area contributed by atoms with Crippen LogP contribution in [0, 0.1) is 10.8 Å². The number of aliphatic carboxylic acids is 2. The van der Waals surface area contributed by atoms with E-state index in [1.54, 1.807) is 13.8 Å². The largest absolute Gasteiger partial charge is 0.478 e. The maximum Gasteiger partial charge on any atom is 0.346 e. The molecule has 0 atom stereocenters. The smallest absolute Gasteiger partial charge is 0.346 e. The summed E-state index contributed by atoms with van der Waals surface area (Å²) in [7, 11) is 0. The van der Waals surface area contributed by atoms with Gasteiger partial charge in [0.2, 0.25) is 0 Å². The van der Waals surface area contributed by atoms with E-state index in [9.17, 15) is 9.59 Å². The average Bonchev–Trinajstić information content (AvgIpc) is 2.68. The van der Waals surface area contributed by atoms with Crippen LogP contribution in [-0.2, 0) is 9.59 Å². The Kier molecular flexibility index (Phi) is 22.9. The van der Waals surface area contributed by atoms with Crippen LogP contribution in [0.25, 0.3) is 0 Å². The van der Waals surface area contributed by atoms with Gasteiger partial charge in [0.05, 0.1) is 39.6 Å². The van der Waals surface area contributed by atoms with Crippen molar-refractivity contribution in [1.82, 2.24) is 0 Å². The lowest BCUT2D eigenvalue weighted by Crippen LogP contribution is -2.29. The quantitative estimate of drug-likeness (QED) is 0.229. The maximum absolute atomic E-state index is 9.60. The van der Waals surface area contributed by atoms with Crippen molar-refractivity contribution in [3.05, 3.63) is 23.8 Å². The zero-order chi connectivity index (χ0) is 23.6. The number of aliphatic hydroxyl groups is 6. The second kappa shape index (κ2) is 18.8. The minimum Gasteiger partial charge on any atom is -0.478 e. The van der Waals surface area contributed by atoms with Crippen LogP contribution in [0.1, 0.15) is 20.8 Å². The summed E-state index contributed by atoms with van der Waals surface area (Å²) >= 11 is 4.82. The molecule has 0 aromatic heterocycles. The number of carboxylic acids is 2. The van der Waals surface area contributed by atoms with Gasteiger partial charge in [-0.25, -0.2) is 9.59 Å². The molecule has 0 fully saturated rings. The van der Waals surface area contributed by atoms with Crippen molar-refractivity contribution in [2.24, 2.45) is 10.8 Å². The predicted octanol–water partition coefficient (Wildman–Crippen LogP) is -0.590. The summed E-state index contributed by atoms with van der Waals surface area (Å²) in [6, 6.07) is 0. The Balaban J connectivity index is -0.000000139. The van der Waals surface area contributed by atoms with Crippen molar-refractivity contribution in [2.45, 2.75) is 20.8 Å².